The lowest BCUT2D eigenvalue weighted by Crippen LogP contribution is -2.23. The molecule has 4 aromatic heterocycles. The van der Waals surface area contributed by atoms with Crippen LogP contribution in [0.3, 0.4) is 0 Å². The zero-order valence-electron chi connectivity index (χ0n) is 18.0. The molecule has 1 aromatic carbocycles. The highest BCUT2D eigenvalue weighted by Crippen LogP contribution is 2.28. The van der Waals surface area contributed by atoms with E-state index >= 15 is 0 Å². The fourth-order valence-corrected chi connectivity index (χ4v) is 5.70. The molecule has 4 heterocycles. The lowest BCUT2D eigenvalue weighted by atomic mass is 10.2. The molecule has 0 saturated carbocycles. The average molecular weight is 467 g/mol. The Kier molecular flexibility index (Phi) is 5.34. The number of thiophene rings is 1. The summed E-state index contributed by atoms with van der Waals surface area (Å²) in [5.74, 6) is 1.56. The summed E-state index contributed by atoms with van der Waals surface area (Å²) >= 11 is 2.97. The number of fused-ring (bicyclic) bond motifs is 4. The van der Waals surface area contributed by atoms with Gasteiger partial charge in [-0.2, -0.15) is 0 Å². The zero-order valence-corrected chi connectivity index (χ0v) is 19.6. The van der Waals surface area contributed by atoms with Crippen molar-refractivity contribution in [2.24, 2.45) is 0 Å². The quantitative estimate of drug-likeness (QED) is 0.379. The number of thioether (sulfide) groups is 1. The standard InChI is InChI=1S/C22H22N6O2S2/c1-4-5-10-27-20(30)14-8-6-7-9-15(14)28-21(27)25-26-22(28)31-11-16-23-18(29)17-12(2)13(3)32-19(17)24-16/h6-9H,4-5,10-11H2,1-3H3,(H,23,24,29). The van der Waals surface area contributed by atoms with E-state index < -0.39 is 0 Å². The van der Waals surface area contributed by atoms with Crippen LogP contribution in [0.4, 0.5) is 0 Å². The lowest BCUT2D eigenvalue weighted by Gasteiger charge is -2.10. The van der Waals surface area contributed by atoms with Crippen LogP contribution in [0.25, 0.3) is 26.9 Å². The van der Waals surface area contributed by atoms with Gasteiger partial charge in [-0.05, 0) is 38.0 Å². The van der Waals surface area contributed by atoms with E-state index in [-0.39, 0.29) is 11.1 Å². The number of aryl methyl sites for hydroxylation is 3. The van der Waals surface area contributed by atoms with Gasteiger partial charge in [0.2, 0.25) is 5.78 Å². The summed E-state index contributed by atoms with van der Waals surface area (Å²) in [6, 6.07) is 7.51. The number of nitrogens with one attached hydrogen (secondary N) is 1. The Labute approximate surface area is 191 Å². The number of unbranched alkanes of at least 4 members (excludes halogenated alkanes) is 1. The predicted molar refractivity (Wildman–Crippen MR) is 129 cm³/mol. The first-order valence-corrected chi connectivity index (χ1v) is 12.3. The minimum atomic E-state index is -0.114. The molecular weight excluding hydrogens is 444 g/mol. The Balaban J connectivity index is 1.58. The molecule has 5 rings (SSSR count). The highest BCUT2D eigenvalue weighted by Gasteiger charge is 2.18. The Morgan fingerprint density at radius 1 is 1.16 bits per heavy atom. The number of para-hydroxylation sites is 1. The SMILES string of the molecule is CCCCn1c(=O)c2ccccc2n2c(SCc3nc4sc(C)c(C)c4c(=O)[nH]3)nnc12. The third-order valence-corrected chi connectivity index (χ3v) is 7.68. The maximum atomic E-state index is 13.1. The van der Waals surface area contributed by atoms with E-state index in [0.717, 1.165) is 33.6 Å². The van der Waals surface area contributed by atoms with Gasteiger partial charge in [0.1, 0.15) is 10.7 Å². The molecule has 1 N–H and O–H groups in total. The number of aromatic nitrogens is 6. The summed E-state index contributed by atoms with van der Waals surface area (Å²) in [6.07, 6.45) is 1.86. The van der Waals surface area contributed by atoms with Crippen molar-refractivity contribution >= 4 is 50.0 Å². The number of rotatable bonds is 6. The molecule has 32 heavy (non-hydrogen) atoms. The Morgan fingerprint density at radius 3 is 2.78 bits per heavy atom. The van der Waals surface area contributed by atoms with Gasteiger partial charge < -0.3 is 4.98 Å². The third kappa shape index (κ3) is 3.34. The van der Waals surface area contributed by atoms with Crippen LogP contribution in [-0.2, 0) is 12.3 Å². The monoisotopic (exact) mass is 466 g/mol. The number of nitrogens with zero attached hydrogens (tertiary/aromatic N) is 5. The number of H-pyrrole nitrogens is 1. The van der Waals surface area contributed by atoms with E-state index in [1.807, 2.05) is 42.5 Å². The van der Waals surface area contributed by atoms with E-state index in [4.69, 9.17) is 0 Å². The molecule has 164 valence electrons. The second-order valence-electron chi connectivity index (χ2n) is 7.71. The summed E-state index contributed by atoms with van der Waals surface area (Å²) < 4.78 is 3.62. The molecule has 10 heteroatoms. The first kappa shape index (κ1) is 20.9. The van der Waals surface area contributed by atoms with E-state index in [1.54, 1.807) is 4.57 Å². The van der Waals surface area contributed by atoms with Crippen molar-refractivity contribution < 1.29 is 0 Å². The molecular formula is C22H22N6O2S2. The molecule has 0 fully saturated rings. The molecule has 0 bridgehead atoms. The number of benzene rings is 1. The van der Waals surface area contributed by atoms with E-state index in [9.17, 15) is 9.59 Å². The molecule has 0 atom stereocenters. The summed E-state index contributed by atoms with van der Waals surface area (Å²) in [6.45, 7) is 6.64. The van der Waals surface area contributed by atoms with Crippen LogP contribution in [0.2, 0.25) is 0 Å². The molecule has 0 aliphatic carbocycles. The van der Waals surface area contributed by atoms with Crippen molar-refractivity contribution in [3.8, 4) is 0 Å². The molecule has 0 amide bonds. The molecule has 0 spiro atoms. The van der Waals surface area contributed by atoms with E-state index in [2.05, 4.69) is 27.1 Å². The molecule has 0 radical (unpaired) electrons. The Bertz CT molecular complexity index is 1590. The van der Waals surface area contributed by atoms with Crippen molar-refractivity contribution in [3.63, 3.8) is 0 Å². The van der Waals surface area contributed by atoms with Crippen LogP contribution in [0, 0.1) is 13.8 Å². The molecule has 0 aliphatic heterocycles. The summed E-state index contributed by atoms with van der Waals surface area (Å²) in [4.78, 5) is 35.1. The largest absolute Gasteiger partial charge is 0.309 e. The molecule has 5 aromatic rings. The third-order valence-electron chi connectivity index (χ3n) is 5.64. The van der Waals surface area contributed by atoms with Crippen molar-refractivity contribution in [1.29, 1.82) is 0 Å². The van der Waals surface area contributed by atoms with Crippen molar-refractivity contribution in [2.75, 3.05) is 0 Å². The Hall–Kier alpha value is -2.98. The highest BCUT2D eigenvalue weighted by molar-refractivity contribution is 7.98. The van der Waals surface area contributed by atoms with Gasteiger partial charge in [-0.3, -0.25) is 18.6 Å². The number of aromatic amines is 1. The Morgan fingerprint density at radius 2 is 1.97 bits per heavy atom. The molecule has 0 aliphatic rings. The maximum Gasteiger partial charge on any atom is 0.262 e. The van der Waals surface area contributed by atoms with Gasteiger partial charge in [0.05, 0.1) is 22.0 Å². The fraction of sp³-hybridized carbons (Fsp3) is 0.318. The van der Waals surface area contributed by atoms with Crippen molar-refractivity contribution in [2.45, 2.75) is 51.1 Å². The maximum absolute atomic E-state index is 13.1. The average Bonchev–Trinajstić information content (AvgIpc) is 3.33. The molecule has 0 saturated heterocycles. The van der Waals surface area contributed by atoms with E-state index in [1.165, 1.54) is 23.1 Å². The van der Waals surface area contributed by atoms with Crippen LogP contribution in [-0.4, -0.2) is 29.1 Å². The second kappa shape index (κ2) is 8.18. The minimum Gasteiger partial charge on any atom is -0.309 e. The van der Waals surface area contributed by atoms with Crippen LogP contribution in [0.1, 0.15) is 36.0 Å². The van der Waals surface area contributed by atoms with Crippen LogP contribution >= 0.6 is 23.1 Å². The van der Waals surface area contributed by atoms with E-state index in [0.29, 0.717) is 39.8 Å². The van der Waals surface area contributed by atoms with Gasteiger partial charge >= 0.3 is 0 Å². The van der Waals surface area contributed by atoms with Gasteiger partial charge in [-0.25, -0.2) is 4.98 Å². The zero-order chi connectivity index (χ0) is 22.4. The van der Waals surface area contributed by atoms with Gasteiger partial charge in [-0.15, -0.1) is 21.5 Å². The lowest BCUT2D eigenvalue weighted by molar-refractivity contribution is 0.620. The second-order valence-corrected chi connectivity index (χ2v) is 9.86. The molecule has 8 nitrogen and oxygen atoms in total. The first-order chi connectivity index (χ1) is 15.5. The molecule has 0 unspecified atom stereocenters. The number of hydrogen-bond donors (Lipinski definition) is 1. The number of hydrogen-bond acceptors (Lipinski definition) is 7. The predicted octanol–water partition coefficient (Wildman–Crippen LogP) is 4.05. The van der Waals surface area contributed by atoms with Gasteiger partial charge in [0.15, 0.2) is 5.16 Å². The van der Waals surface area contributed by atoms with Gasteiger partial charge in [-0.1, -0.05) is 37.2 Å². The van der Waals surface area contributed by atoms with Crippen LogP contribution in [0.5, 0.6) is 0 Å². The van der Waals surface area contributed by atoms with Crippen LogP contribution in [0.15, 0.2) is 39.0 Å². The summed E-state index contributed by atoms with van der Waals surface area (Å²) in [7, 11) is 0. The van der Waals surface area contributed by atoms with Crippen molar-refractivity contribution in [1.82, 2.24) is 29.1 Å². The minimum absolute atomic E-state index is 0.0506. The van der Waals surface area contributed by atoms with Gasteiger partial charge in [0, 0.05) is 11.4 Å². The topological polar surface area (TPSA) is 97.9 Å². The summed E-state index contributed by atoms with van der Waals surface area (Å²) in [5.41, 5.74) is 1.59. The highest BCUT2D eigenvalue weighted by atomic mass is 32.2. The van der Waals surface area contributed by atoms with Crippen molar-refractivity contribution in [3.05, 3.63) is 61.2 Å². The summed E-state index contributed by atoms with van der Waals surface area (Å²) in [5, 5.41) is 10.7. The first-order valence-electron chi connectivity index (χ1n) is 10.5. The smallest absolute Gasteiger partial charge is 0.262 e. The van der Waals surface area contributed by atoms with Crippen LogP contribution < -0.4 is 11.1 Å². The van der Waals surface area contributed by atoms with Gasteiger partial charge in [0.25, 0.3) is 11.1 Å². The fourth-order valence-electron chi connectivity index (χ4n) is 3.85. The normalized spacial score (nSPS) is 11.8.